The van der Waals surface area contributed by atoms with Crippen molar-refractivity contribution in [2.45, 2.75) is 6.67 Å². The highest BCUT2D eigenvalue weighted by molar-refractivity contribution is 7.80. The first-order chi connectivity index (χ1) is 9.83. The standard InChI is InChI=1S/C14H20N4OS/c1-19-8-6-17-10-16(7-9-20)11-18-13-5-3-2-4-12(13)15-14(17)18/h2-5,20H,6-11H2,1H3. The van der Waals surface area contributed by atoms with Crippen LogP contribution in [0, 0.1) is 0 Å². The molecule has 2 heterocycles. The summed E-state index contributed by atoms with van der Waals surface area (Å²) < 4.78 is 7.49. The van der Waals surface area contributed by atoms with Gasteiger partial charge in [-0.3, -0.25) is 9.47 Å². The third-order valence-corrected chi connectivity index (χ3v) is 3.81. The Labute approximate surface area is 124 Å². The van der Waals surface area contributed by atoms with Gasteiger partial charge in [-0.05, 0) is 12.1 Å². The van der Waals surface area contributed by atoms with Gasteiger partial charge in [-0.1, -0.05) is 12.1 Å². The first kappa shape index (κ1) is 13.7. The van der Waals surface area contributed by atoms with Crippen molar-refractivity contribution in [3.8, 4) is 0 Å². The van der Waals surface area contributed by atoms with Gasteiger partial charge in [0, 0.05) is 26.0 Å². The van der Waals surface area contributed by atoms with Crippen LogP contribution in [0.25, 0.3) is 11.0 Å². The topological polar surface area (TPSA) is 33.5 Å². The van der Waals surface area contributed by atoms with Crippen molar-refractivity contribution >= 4 is 29.6 Å². The van der Waals surface area contributed by atoms with Gasteiger partial charge in [0.15, 0.2) is 0 Å². The van der Waals surface area contributed by atoms with E-state index in [-0.39, 0.29) is 0 Å². The molecule has 1 aliphatic heterocycles. The molecule has 0 amide bonds. The Kier molecular flexibility index (Phi) is 4.14. The van der Waals surface area contributed by atoms with E-state index in [1.165, 1.54) is 5.52 Å². The number of anilines is 1. The van der Waals surface area contributed by atoms with E-state index in [4.69, 9.17) is 9.72 Å². The molecule has 0 bridgehead atoms. The first-order valence-electron chi connectivity index (χ1n) is 6.86. The lowest BCUT2D eigenvalue weighted by Gasteiger charge is -2.36. The molecule has 2 aromatic rings. The number of methoxy groups -OCH3 is 1. The summed E-state index contributed by atoms with van der Waals surface area (Å²) in [4.78, 5) is 9.42. The summed E-state index contributed by atoms with van der Waals surface area (Å²) >= 11 is 4.35. The Morgan fingerprint density at radius 3 is 2.90 bits per heavy atom. The summed E-state index contributed by atoms with van der Waals surface area (Å²) in [7, 11) is 1.73. The van der Waals surface area contributed by atoms with Crippen LogP contribution in [0.1, 0.15) is 0 Å². The number of para-hydroxylation sites is 2. The minimum atomic E-state index is 0.706. The molecule has 0 N–H and O–H groups in total. The monoisotopic (exact) mass is 292 g/mol. The Balaban J connectivity index is 1.97. The van der Waals surface area contributed by atoms with E-state index in [2.05, 4.69) is 45.2 Å². The van der Waals surface area contributed by atoms with Crippen molar-refractivity contribution in [2.24, 2.45) is 0 Å². The minimum absolute atomic E-state index is 0.706. The number of hydrogen-bond donors (Lipinski definition) is 1. The average molecular weight is 292 g/mol. The third-order valence-electron chi connectivity index (χ3n) is 3.61. The van der Waals surface area contributed by atoms with E-state index in [1.807, 2.05) is 6.07 Å². The molecule has 0 unspecified atom stereocenters. The number of imidazole rings is 1. The van der Waals surface area contributed by atoms with Crippen LogP contribution in [0.4, 0.5) is 5.95 Å². The summed E-state index contributed by atoms with van der Waals surface area (Å²) in [5, 5.41) is 0. The van der Waals surface area contributed by atoms with E-state index in [1.54, 1.807) is 7.11 Å². The third kappa shape index (κ3) is 2.51. The number of benzene rings is 1. The van der Waals surface area contributed by atoms with Crippen LogP contribution in [0.3, 0.4) is 0 Å². The quantitative estimate of drug-likeness (QED) is 0.850. The van der Waals surface area contributed by atoms with Gasteiger partial charge in [-0.2, -0.15) is 12.6 Å². The largest absolute Gasteiger partial charge is 0.383 e. The number of fused-ring (bicyclic) bond motifs is 3. The predicted octanol–water partition coefficient (Wildman–Crippen LogP) is 1.65. The molecule has 5 nitrogen and oxygen atoms in total. The lowest BCUT2D eigenvalue weighted by molar-refractivity contribution is 0.178. The number of hydrogen-bond acceptors (Lipinski definition) is 5. The lowest BCUT2D eigenvalue weighted by Crippen LogP contribution is -2.46. The van der Waals surface area contributed by atoms with Crippen LogP contribution in [-0.4, -0.2) is 53.7 Å². The molecule has 0 spiro atoms. The van der Waals surface area contributed by atoms with Crippen LogP contribution in [0.15, 0.2) is 24.3 Å². The zero-order valence-corrected chi connectivity index (χ0v) is 12.6. The van der Waals surface area contributed by atoms with Crippen molar-refractivity contribution in [1.82, 2.24) is 14.5 Å². The maximum absolute atomic E-state index is 5.22. The molecule has 3 rings (SSSR count). The predicted molar refractivity (Wildman–Crippen MR) is 84.4 cm³/mol. The zero-order valence-electron chi connectivity index (χ0n) is 11.7. The van der Waals surface area contributed by atoms with Gasteiger partial charge in [-0.25, -0.2) is 4.98 Å². The van der Waals surface area contributed by atoms with Gasteiger partial charge in [0.2, 0.25) is 5.95 Å². The highest BCUT2D eigenvalue weighted by Gasteiger charge is 2.25. The molecule has 20 heavy (non-hydrogen) atoms. The fourth-order valence-electron chi connectivity index (χ4n) is 2.65. The molecule has 108 valence electrons. The molecule has 6 heteroatoms. The molecule has 0 saturated heterocycles. The van der Waals surface area contributed by atoms with Crippen molar-refractivity contribution < 1.29 is 4.74 Å². The summed E-state index contributed by atoms with van der Waals surface area (Å²) in [6, 6.07) is 8.29. The fourth-order valence-corrected chi connectivity index (χ4v) is 2.93. The van der Waals surface area contributed by atoms with Crippen LogP contribution in [-0.2, 0) is 11.4 Å². The molecule has 1 aromatic heterocycles. The molecule has 0 radical (unpaired) electrons. The Hall–Kier alpha value is -1.24. The number of ether oxygens (including phenoxy) is 1. The highest BCUT2D eigenvalue weighted by atomic mass is 32.1. The number of rotatable bonds is 5. The van der Waals surface area contributed by atoms with Crippen molar-refractivity contribution in [2.75, 3.05) is 44.1 Å². The molecular weight excluding hydrogens is 272 g/mol. The molecule has 0 saturated carbocycles. The number of thiol groups is 1. The minimum Gasteiger partial charge on any atom is -0.383 e. The van der Waals surface area contributed by atoms with Gasteiger partial charge >= 0.3 is 0 Å². The lowest BCUT2D eigenvalue weighted by atomic mass is 10.3. The van der Waals surface area contributed by atoms with Crippen molar-refractivity contribution in [1.29, 1.82) is 0 Å². The highest BCUT2D eigenvalue weighted by Crippen LogP contribution is 2.26. The normalized spacial score (nSPS) is 15.8. The molecule has 0 atom stereocenters. The Morgan fingerprint density at radius 1 is 1.25 bits per heavy atom. The second-order valence-electron chi connectivity index (χ2n) is 4.99. The Bertz CT molecular complexity index is 586. The molecular formula is C14H20N4OS. The van der Waals surface area contributed by atoms with Crippen LogP contribution in [0.5, 0.6) is 0 Å². The number of aromatic nitrogens is 2. The fraction of sp³-hybridized carbons (Fsp3) is 0.500. The van der Waals surface area contributed by atoms with Crippen LogP contribution >= 0.6 is 12.6 Å². The molecule has 1 aliphatic rings. The summed E-state index contributed by atoms with van der Waals surface area (Å²) in [6.07, 6.45) is 0. The van der Waals surface area contributed by atoms with Crippen LogP contribution < -0.4 is 4.90 Å². The molecule has 1 aromatic carbocycles. The maximum Gasteiger partial charge on any atom is 0.208 e. The van der Waals surface area contributed by atoms with Gasteiger partial charge in [0.05, 0.1) is 31.0 Å². The summed E-state index contributed by atoms with van der Waals surface area (Å²) in [6.45, 7) is 4.28. The van der Waals surface area contributed by atoms with E-state index in [9.17, 15) is 0 Å². The summed E-state index contributed by atoms with van der Waals surface area (Å²) in [5.41, 5.74) is 2.24. The van der Waals surface area contributed by atoms with E-state index in [0.29, 0.717) is 6.61 Å². The van der Waals surface area contributed by atoms with Crippen LogP contribution in [0.2, 0.25) is 0 Å². The van der Waals surface area contributed by atoms with Gasteiger partial charge in [0.25, 0.3) is 0 Å². The van der Waals surface area contributed by atoms with Crippen molar-refractivity contribution in [3.63, 3.8) is 0 Å². The molecule has 0 aliphatic carbocycles. The molecule has 0 fully saturated rings. The van der Waals surface area contributed by atoms with Gasteiger partial charge in [0.1, 0.15) is 0 Å². The average Bonchev–Trinajstić information content (AvgIpc) is 2.84. The second-order valence-corrected chi connectivity index (χ2v) is 5.43. The smallest absolute Gasteiger partial charge is 0.208 e. The second kappa shape index (κ2) is 6.03. The SMILES string of the molecule is COCCN1CN(CCS)Cn2c1nc1ccccc12. The van der Waals surface area contributed by atoms with E-state index in [0.717, 1.165) is 43.6 Å². The van der Waals surface area contributed by atoms with E-state index < -0.39 is 0 Å². The van der Waals surface area contributed by atoms with Gasteiger partial charge < -0.3 is 9.64 Å². The zero-order chi connectivity index (χ0) is 13.9. The van der Waals surface area contributed by atoms with Gasteiger partial charge in [-0.15, -0.1) is 0 Å². The number of nitrogens with zero attached hydrogens (tertiary/aromatic N) is 4. The summed E-state index contributed by atoms with van der Waals surface area (Å²) in [5.74, 6) is 1.90. The Morgan fingerprint density at radius 2 is 2.10 bits per heavy atom. The maximum atomic E-state index is 5.22. The first-order valence-corrected chi connectivity index (χ1v) is 7.49. The van der Waals surface area contributed by atoms with E-state index >= 15 is 0 Å². The van der Waals surface area contributed by atoms with Crippen molar-refractivity contribution in [3.05, 3.63) is 24.3 Å².